The quantitative estimate of drug-likeness (QED) is 0.847. The third kappa shape index (κ3) is 2.99. The van der Waals surface area contributed by atoms with Gasteiger partial charge in [0.1, 0.15) is 5.82 Å². The van der Waals surface area contributed by atoms with Crippen LogP contribution in [0.2, 0.25) is 0 Å². The first-order chi connectivity index (χ1) is 10.7. The lowest BCUT2D eigenvalue weighted by molar-refractivity contribution is 0.111. The number of aromatic nitrogens is 1. The summed E-state index contributed by atoms with van der Waals surface area (Å²) < 4.78 is 24.7. The maximum absolute atomic E-state index is 13.9. The molecule has 0 unspecified atom stereocenters. The summed E-state index contributed by atoms with van der Waals surface area (Å²) in [5, 5.41) is 2.79. The van der Waals surface area contributed by atoms with Gasteiger partial charge in [-0.1, -0.05) is 12.1 Å². The number of benzene rings is 1. The second-order valence-electron chi connectivity index (χ2n) is 5.35. The molecule has 0 amide bonds. The topological polar surface area (TPSA) is 34.6 Å². The Morgan fingerprint density at radius 2 is 2.18 bits per heavy atom. The number of hydrogen-bond acceptors (Lipinski definition) is 5. The van der Waals surface area contributed by atoms with Crippen LogP contribution in [-0.2, 0) is 9.47 Å². The van der Waals surface area contributed by atoms with Gasteiger partial charge in [0.25, 0.3) is 0 Å². The van der Waals surface area contributed by atoms with Crippen LogP contribution in [0.25, 0.3) is 11.3 Å². The van der Waals surface area contributed by atoms with Crippen LogP contribution in [0.15, 0.2) is 29.6 Å². The van der Waals surface area contributed by atoms with Crippen LogP contribution >= 0.6 is 11.3 Å². The van der Waals surface area contributed by atoms with Crippen molar-refractivity contribution >= 4 is 16.5 Å². The summed E-state index contributed by atoms with van der Waals surface area (Å²) in [6.45, 7) is 1.42. The zero-order chi connectivity index (χ0) is 15.5. The van der Waals surface area contributed by atoms with Crippen molar-refractivity contribution < 1.29 is 13.9 Å². The zero-order valence-corrected chi connectivity index (χ0v) is 13.5. The average Bonchev–Trinajstić information content (AvgIpc) is 3.14. The Hall–Kier alpha value is -1.50. The fraction of sp³-hybridized carbons (Fsp3) is 0.438. The minimum Gasteiger partial charge on any atom is -0.383 e. The van der Waals surface area contributed by atoms with Gasteiger partial charge < -0.3 is 14.4 Å². The molecule has 1 aliphatic heterocycles. The Labute approximate surface area is 133 Å². The highest BCUT2D eigenvalue weighted by Gasteiger charge is 2.33. The van der Waals surface area contributed by atoms with Gasteiger partial charge in [-0.05, 0) is 18.6 Å². The fourth-order valence-electron chi connectivity index (χ4n) is 2.82. The van der Waals surface area contributed by atoms with Crippen LogP contribution in [0.5, 0.6) is 0 Å². The van der Waals surface area contributed by atoms with Gasteiger partial charge in [-0.2, -0.15) is 0 Å². The van der Waals surface area contributed by atoms with Crippen LogP contribution in [0, 0.1) is 5.82 Å². The SMILES string of the molecule is COC[C@@H]1C[C@H](OC)CN1c1nc(-c2ccccc2F)cs1. The molecule has 2 atom stereocenters. The molecule has 3 rings (SSSR count). The highest BCUT2D eigenvalue weighted by molar-refractivity contribution is 7.14. The summed E-state index contributed by atoms with van der Waals surface area (Å²) in [4.78, 5) is 6.82. The normalized spacial score (nSPS) is 21.5. The molecule has 6 heteroatoms. The van der Waals surface area contributed by atoms with Gasteiger partial charge in [-0.3, -0.25) is 0 Å². The monoisotopic (exact) mass is 322 g/mol. The number of rotatable bonds is 5. The van der Waals surface area contributed by atoms with E-state index in [9.17, 15) is 4.39 Å². The summed E-state index contributed by atoms with van der Waals surface area (Å²) in [6.07, 6.45) is 1.10. The summed E-state index contributed by atoms with van der Waals surface area (Å²) >= 11 is 1.53. The standard InChI is InChI=1S/C16H19FN2O2S/c1-20-9-11-7-12(21-2)8-19(11)16-18-15(10-22-16)13-5-3-4-6-14(13)17/h3-6,10-12H,7-9H2,1-2H3/t11-,12-/m0/s1. The van der Waals surface area contributed by atoms with E-state index in [4.69, 9.17) is 9.47 Å². The lowest BCUT2D eigenvalue weighted by atomic mass is 10.2. The average molecular weight is 322 g/mol. The van der Waals surface area contributed by atoms with E-state index in [1.165, 1.54) is 17.4 Å². The predicted octanol–water partition coefficient (Wildman–Crippen LogP) is 3.19. The van der Waals surface area contributed by atoms with Gasteiger partial charge in [-0.25, -0.2) is 9.37 Å². The summed E-state index contributed by atoms with van der Waals surface area (Å²) in [6, 6.07) is 6.96. The molecule has 0 bridgehead atoms. The van der Waals surface area contributed by atoms with Crippen molar-refractivity contribution in [2.24, 2.45) is 0 Å². The summed E-state index contributed by atoms with van der Waals surface area (Å²) in [5.41, 5.74) is 1.21. The van der Waals surface area contributed by atoms with Gasteiger partial charge in [0.15, 0.2) is 5.13 Å². The fourth-order valence-corrected chi connectivity index (χ4v) is 3.72. The number of methoxy groups -OCH3 is 2. The van der Waals surface area contributed by atoms with Gasteiger partial charge >= 0.3 is 0 Å². The van der Waals surface area contributed by atoms with E-state index in [-0.39, 0.29) is 18.0 Å². The maximum atomic E-state index is 13.9. The number of ether oxygens (including phenoxy) is 2. The molecule has 1 aromatic carbocycles. The van der Waals surface area contributed by atoms with E-state index in [2.05, 4.69) is 9.88 Å². The van der Waals surface area contributed by atoms with E-state index < -0.39 is 0 Å². The zero-order valence-electron chi connectivity index (χ0n) is 12.7. The van der Waals surface area contributed by atoms with E-state index in [0.29, 0.717) is 17.9 Å². The maximum Gasteiger partial charge on any atom is 0.186 e. The molecule has 1 saturated heterocycles. The number of hydrogen-bond donors (Lipinski definition) is 0. The Bertz CT molecular complexity index is 634. The molecule has 1 fully saturated rings. The summed E-state index contributed by atoms with van der Waals surface area (Å²) in [7, 11) is 3.43. The van der Waals surface area contributed by atoms with Crippen molar-refractivity contribution in [3.05, 3.63) is 35.5 Å². The van der Waals surface area contributed by atoms with Gasteiger partial charge in [0, 0.05) is 31.7 Å². The highest BCUT2D eigenvalue weighted by atomic mass is 32.1. The number of thiazole rings is 1. The van der Waals surface area contributed by atoms with Crippen LogP contribution in [-0.4, -0.2) is 44.5 Å². The van der Waals surface area contributed by atoms with Crippen molar-refractivity contribution in [2.45, 2.75) is 18.6 Å². The first-order valence-corrected chi connectivity index (χ1v) is 8.09. The second-order valence-corrected chi connectivity index (χ2v) is 6.19. The van der Waals surface area contributed by atoms with Crippen LogP contribution in [0.4, 0.5) is 9.52 Å². The van der Waals surface area contributed by atoms with Crippen molar-refractivity contribution in [1.82, 2.24) is 4.98 Å². The van der Waals surface area contributed by atoms with Crippen LogP contribution in [0.3, 0.4) is 0 Å². The first kappa shape index (κ1) is 15.4. The molecule has 0 radical (unpaired) electrons. The molecular weight excluding hydrogens is 303 g/mol. The van der Waals surface area contributed by atoms with E-state index in [1.807, 2.05) is 11.4 Å². The van der Waals surface area contributed by atoms with Gasteiger partial charge in [0.05, 0.1) is 24.4 Å². The molecule has 2 aromatic rings. The Morgan fingerprint density at radius 3 is 2.91 bits per heavy atom. The van der Waals surface area contributed by atoms with Crippen molar-refractivity contribution in [1.29, 1.82) is 0 Å². The second kappa shape index (κ2) is 6.73. The molecule has 22 heavy (non-hydrogen) atoms. The predicted molar refractivity (Wildman–Crippen MR) is 85.9 cm³/mol. The van der Waals surface area contributed by atoms with Crippen molar-refractivity contribution in [3.63, 3.8) is 0 Å². The smallest absolute Gasteiger partial charge is 0.186 e. The lowest BCUT2D eigenvalue weighted by Gasteiger charge is -2.22. The minimum atomic E-state index is -0.246. The highest BCUT2D eigenvalue weighted by Crippen LogP contribution is 2.33. The molecule has 0 aliphatic carbocycles. The number of anilines is 1. The molecule has 118 valence electrons. The summed E-state index contributed by atoms with van der Waals surface area (Å²) in [5.74, 6) is -0.246. The van der Waals surface area contributed by atoms with Crippen molar-refractivity contribution in [3.8, 4) is 11.3 Å². The van der Waals surface area contributed by atoms with Crippen molar-refractivity contribution in [2.75, 3.05) is 32.3 Å². The van der Waals surface area contributed by atoms with Crippen LogP contribution < -0.4 is 4.90 Å². The molecule has 4 nitrogen and oxygen atoms in total. The molecule has 1 aliphatic rings. The third-order valence-electron chi connectivity index (χ3n) is 3.96. The third-order valence-corrected chi connectivity index (χ3v) is 4.83. The van der Waals surface area contributed by atoms with E-state index in [0.717, 1.165) is 18.1 Å². The minimum absolute atomic E-state index is 0.181. The lowest BCUT2D eigenvalue weighted by Crippen LogP contribution is -2.32. The number of halogens is 1. The molecular formula is C16H19FN2O2S. The molecule has 0 N–H and O–H groups in total. The van der Waals surface area contributed by atoms with Gasteiger partial charge in [-0.15, -0.1) is 11.3 Å². The molecule has 0 saturated carbocycles. The first-order valence-electron chi connectivity index (χ1n) is 7.21. The largest absolute Gasteiger partial charge is 0.383 e. The molecule has 2 heterocycles. The molecule has 1 aromatic heterocycles. The molecule has 0 spiro atoms. The van der Waals surface area contributed by atoms with E-state index >= 15 is 0 Å². The van der Waals surface area contributed by atoms with Gasteiger partial charge in [0.2, 0.25) is 0 Å². The number of nitrogens with zero attached hydrogens (tertiary/aromatic N) is 2. The van der Waals surface area contributed by atoms with Crippen LogP contribution in [0.1, 0.15) is 6.42 Å². The Balaban J connectivity index is 1.85. The Morgan fingerprint density at radius 1 is 1.36 bits per heavy atom. The Kier molecular flexibility index (Phi) is 4.71. The van der Waals surface area contributed by atoms with E-state index in [1.54, 1.807) is 26.4 Å².